The molecule has 1 aliphatic rings. The van der Waals surface area contributed by atoms with Crippen LogP contribution in [0.3, 0.4) is 0 Å². The molecule has 1 aromatic carbocycles. The van der Waals surface area contributed by atoms with Crippen molar-refractivity contribution in [2.75, 3.05) is 32.7 Å². The molecule has 0 atom stereocenters. The van der Waals surface area contributed by atoms with Gasteiger partial charge in [0.05, 0.1) is 6.54 Å². The molecule has 1 aromatic rings. The van der Waals surface area contributed by atoms with Gasteiger partial charge in [-0.3, -0.25) is 14.7 Å². The molecule has 1 fully saturated rings. The average Bonchev–Trinajstić information content (AvgIpc) is 2.86. The molecule has 144 valence electrons. The third kappa shape index (κ3) is 6.81. The first-order valence-corrected chi connectivity index (χ1v) is 8.67. The third-order valence-corrected chi connectivity index (χ3v) is 3.86. The van der Waals surface area contributed by atoms with Crippen molar-refractivity contribution in [3.05, 3.63) is 34.9 Å². The molecule has 1 heterocycles. The van der Waals surface area contributed by atoms with Crippen molar-refractivity contribution < 1.29 is 9.59 Å². The number of amides is 3. The Morgan fingerprint density at radius 1 is 1.19 bits per heavy atom. The quantitative estimate of drug-likeness (QED) is 0.243. The number of benzene rings is 1. The zero-order chi connectivity index (χ0) is 18.2. The van der Waals surface area contributed by atoms with Gasteiger partial charge in [-0.1, -0.05) is 29.3 Å². The first-order chi connectivity index (χ1) is 12.0. The van der Waals surface area contributed by atoms with Crippen LogP contribution in [0.4, 0.5) is 4.79 Å². The Morgan fingerprint density at radius 3 is 2.46 bits per heavy atom. The van der Waals surface area contributed by atoms with Crippen molar-refractivity contribution in [3.8, 4) is 0 Å². The first kappa shape index (κ1) is 22.2. The second-order valence-electron chi connectivity index (χ2n) is 6.14. The topological polar surface area (TPSA) is 85.8 Å². The van der Waals surface area contributed by atoms with Crippen LogP contribution in [0.5, 0.6) is 0 Å². The van der Waals surface area contributed by atoms with Crippen LogP contribution < -0.4 is 16.0 Å². The lowest BCUT2D eigenvalue weighted by Crippen LogP contribution is -2.43. The molecule has 7 nitrogen and oxygen atoms in total. The molecule has 0 aliphatic carbocycles. The highest BCUT2D eigenvalue weighted by Gasteiger charge is 2.27. The highest BCUT2D eigenvalue weighted by atomic mass is 127. The van der Waals surface area contributed by atoms with Crippen LogP contribution in [-0.4, -0.2) is 55.5 Å². The first-order valence-electron chi connectivity index (χ1n) is 8.67. The summed E-state index contributed by atoms with van der Waals surface area (Å²) >= 11 is 0. The molecular weight excluding hydrogens is 445 g/mol. The molecule has 0 bridgehead atoms. The van der Waals surface area contributed by atoms with Gasteiger partial charge in [-0.15, -0.1) is 24.0 Å². The van der Waals surface area contributed by atoms with Crippen molar-refractivity contribution >= 4 is 41.9 Å². The Morgan fingerprint density at radius 2 is 1.88 bits per heavy atom. The summed E-state index contributed by atoms with van der Waals surface area (Å²) in [6, 6.07) is 6.19. The summed E-state index contributed by atoms with van der Waals surface area (Å²) in [5.74, 6) is 0.502. The molecule has 1 saturated heterocycles. The second-order valence-corrected chi connectivity index (χ2v) is 6.14. The highest BCUT2D eigenvalue weighted by Crippen LogP contribution is 2.09. The molecular formula is C18H28IN5O2. The molecule has 3 N–H and O–H groups in total. The van der Waals surface area contributed by atoms with Gasteiger partial charge in [0.25, 0.3) is 0 Å². The van der Waals surface area contributed by atoms with Crippen LogP contribution in [0.2, 0.25) is 0 Å². The standard InChI is InChI=1S/C18H27N5O2.HI/c1-4-19-17(21-7-8-23-16(24)12-22-18(23)25)20-6-5-15-10-13(2)9-14(3)11-15;/h9-11H,4-8,12H2,1-3H3,(H,22,25)(H2,19,20,21);1H. The van der Waals surface area contributed by atoms with Gasteiger partial charge in [0, 0.05) is 26.2 Å². The zero-order valence-electron chi connectivity index (χ0n) is 15.6. The molecule has 0 unspecified atom stereocenters. The van der Waals surface area contributed by atoms with E-state index in [0.29, 0.717) is 25.6 Å². The summed E-state index contributed by atoms with van der Waals surface area (Å²) in [5, 5.41) is 8.85. The van der Waals surface area contributed by atoms with Crippen molar-refractivity contribution in [3.63, 3.8) is 0 Å². The van der Waals surface area contributed by atoms with E-state index in [1.807, 2.05) is 6.92 Å². The molecule has 1 aliphatic heterocycles. The lowest BCUT2D eigenvalue weighted by atomic mass is 10.1. The molecule has 0 aromatic heterocycles. The van der Waals surface area contributed by atoms with Gasteiger partial charge in [-0.05, 0) is 32.8 Å². The summed E-state index contributed by atoms with van der Waals surface area (Å²) in [4.78, 5) is 28.8. The summed E-state index contributed by atoms with van der Waals surface area (Å²) in [6.45, 7) is 8.49. The van der Waals surface area contributed by atoms with E-state index in [4.69, 9.17) is 0 Å². The minimum Gasteiger partial charge on any atom is -0.357 e. The van der Waals surface area contributed by atoms with E-state index in [0.717, 1.165) is 13.0 Å². The maximum atomic E-state index is 11.5. The number of urea groups is 1. The number of nitrogens with zero attached hydrogens (tertiary/aromatic N) is 2. The Kier molecular flexibility index (Phi) is 9.39. The molecule has 0 spiro atoms. The van der Waals surface area contributed by atoms with Crippen molar-refractivity contribution in [1.82, 2.24) is 20.9 Å². The van der Waals surface area contributed by atoms with Crippen molar-refractivity contribution in [2.24, 2.45) is 4.99 Å². The van der Waals surface area contributed by atoms with Gasteiger partial charge in [-0.2, -0.15) is 0 Å². The number of nitrogens with one attached hydrogen (secondary N) is 3. The summed E-state index contributed by atoms with van der Waals surface area (Å²) in [7, 11) is 0. The van der Waals surface area contributed by atoms with E-state index in [1.54, 1.807) is 0 Å². The van der Waals surface area contributed by atoms with Gasteiger partial charge in [0.1, 0.15) is 0 Å². The number of hydrogen-bond donors (Lipinski definition) is 3. The maximum absolute atomic E-state index is 11.5. The number of carbonyl (C=O) groups excluding carboxylic acids is 2. The van der Waals surface area contributed by atoms with Crippen LogP contribution in [0.1, 0.15) is 23.6 Å². The molecule has 3 amide bonds. The molecule has 2 rings (SSSR count). The maximum Gasteiger partial charge on any atom is 0.324 e. The van der Waals surface area contributed by atoms with E-state index in [1.165, 1.54) is 21.6 Å². The van der Waals surface area contributed by atoms with Gasteiger partial charge in [-0.25, -0.2) is 4.79 Å². The van der Waals surface area contributed by atoms with Crippen LogP contribution in [-0.2, 0) is 11.2 Å². The number of carbonyl (C=O) groups is 2. The lowest BCUT2D eigenvalue weighted by Gasteiger charge is -2.15. The number of aliphatic imine (C=N–C) groups is 1. The predicted molar refractivity (Wildman–Crippen MR) is 114 cm³/mol. The number of imide groups is 1. The minimum absolute atomic E-state index is 0. The van der Waals surface area contributed by atoms with E-state index in [9.17, 15) is 9.59 Å². The van der Waals surface area contributed by atoms with E-state index in [2.05, 4.69) is 53.0 Å². The predicted octanol–water partition coefficient (Wildman–Crippen LogP) is 1.57. The van der Waals surface area contributed by atoms with Gasteiger partial charge in [0.2, 0.25) is 5.91 Å². The van der Waals surface area contributed by atoms with Crippen LogP contribution >= 0.6 is 24.0 Å². The monoisotopic (exact) mass is 473 g/mol. The number of hydrogen-bond acceptors (Lipinski definition) is 3. The van der Waals surface area contributed by atoms with Crippen LogP contribution in [0.15, 0.2) is 23.2 Å². The van der Waals surface area contributed by atoms with Crippen molar-refractivity contribution in [1.29, 1.82) is 0 Å². The second kappa shape index (κ2) is 11.0. The minimum atomic E-state index is -0.330. The third-order valence-electron chi connectivity index (χ3n) is 3.86. The fourth-order valence-electron chi connectivity index (χ4n) is 2.82. The Hall–Kier alpha value is -1.84. The number of halogens is 1. The van der Waals surface area contributed by atoms with E-state index in [-0.39, 0.29) is 42.5 Å². The van der Waals surface area contributed by atoms with Gasteiger partial charge < -0.3 is 16.0 Å². The molecule has 26 heavy (non-hydrogen) atoms. The smallest absolute Gasteiger partial charge is 0.324 e. The molecule has 8 heteroatoms. The van der Waals surface area contributed by atoms with E-state index < -0.39 is 0 Å². The van der Waals surface area contributed by atoms with Crippen molar-refractivity contribution in [2.45, 2.75) is 27.2 Å². The summed E-state index contributed by atoms with van der Waals surface area (Å²) < 4.78 is 0. The summed E-state index contributed by atoms with van der Waals surface area (Å²) in [6.07, 6.45) is 0.867. The zero-order valence-corrected chi connectivity index (χ0v) is 17.9. The van der Waals surface area contributed by atoms with Crippen LogP contribution in [0.25, 0.3) is 0 Å². The summed E-state index contributed by atoms with van der Waals surface area (Å²) in [5.41, 5.74) is 3.80. The normalized spacial score (nSPS) is 14.1. The molecule has 0 radical (unpaired) electrons. The van der Waals surface area contributed by atoms with Gasteiger partial charge in [0.15, 0.2) is 5.96 Å². The van der Waals surface area contributed by atoms with Gasteiger partial charge >= 0.3 is 6.03 Å². The Bertz CT molecular complexity index is 627. The number of rotatable bonds is 7. The lowest BCUT2D eigenvalue weighted by molar-refractivity contribution is -0.124. The highest BCUT2D eigenvalue weighted by molar-refractivity contribution is 14.0. The molecule has 0 saturated carbocycles. The van der Waals surface area contributed by atoms with Crippen LogP contribution in [0, 0.1) is 13.8 Å². The fourth-order valence-corrected chi connectivity index (χ4v) is 2.82. The average molecular weight is 473 g/mol. The fraction of sp³-hybridized carbons (Fsp3) is 0.500. The Labute approximate surface area is 172 Å². The number of aryl methyl sites for hydroxylation is 2. The SMILES string of the molecule is CCNC(=NCCc1cc(C)cc(C)c1)NCCN1C(=O)CNC1=O.I. The largest absolute Gasteiger partial charge is 0.357 e. The van der Waals surface area contributed by atoms with E-state index >= 15 is 0 Å². The number of guanidine groups is 1. The Balaban J connectivity index is 0.00000338.